The maximum Gasteiger partial charge on any atom is 0.165 e. The van der Waals surface area contributed by atoms with Gasteiger partial charge in [0.05, 0.1) is 53.7 Å². The Hall–Kier alpha value is -2.79. The predicted octanol–water partition coefficient (Wildman–Crippen LogP) is 3.98. The molecular formula is C25H29BrN6O3. The summed E-state index contributed by atoms with van der Waals surface area (Å²) < 4.78 is 15.4. The molecule has 5 rings (SSSR count). The van der Waals surface area contributed by atoms with Crippen LogP contribution in [-0.4, -0.2) is 62.0 Å². The Kier molecular flexibility index (Phi) is 6.88. The molecule has 0 aliphatic heterocycles. The van der Waals surface area contributed by atoms with E-state index in [1.54, 1.807) is 17.8 Å². The Morgan fingerprint density at radius 2 is 1.91 bits per heavy atom. The van der Waals surface area contributed by atoms with Gasteiger partial charge in [0.1, 0.15) is 5.82 Å². The third-order valence-corrected chi connectivity index (χ3v) is 7.64. The number of nitrogen functional groups attached to an aromatic ring is 1. The monoisotopic (exact) mass is 540 g/mol. The van der Waals surface area contributed by atoms with Crippen LogP contribution in [0, 0.1) is 0 Å². The number of ether oxygens (including phenoxy) is 2. The van der Waals surface area contributed by atoms with Crippen LogP contribution in [0.5, 0.6) is 0 Å². The molecule has 1 aliphatic carbocycles. The quantitative estimate of drug-likeness (QED) is 0.325. The zero-order chi connectivity index (χ0) is 24.4. The molecule has 3 aromatic heterocycles. The number of methoxy groups -OCH3 is 1. The van der Waals surface area contributed by atoms with E-state index in [4.69, 9.17) is 20.2 Å². The van der Waals surface area contributed by atoms with E-state index >= 15 is 0 Å². The minimum absolute atomic E-state index is 0.00260. The normalized spacial score (nSPS) is 20.5. The fraction of sp³-hybridized carbons (Fsp3) is 0.400. The second kappa shape index (κ2) is 10.1. The van der Waals surface area contributed by atoms with Crippen molar-refractivity contribution in [3.8, 4) is 16.8 Å². The van der Waals surface area contributed by atoms with Gasteiger partial charge in [0.2, 0.25) is 0 Å². The Morgan fingerprint density at radius 3 is 2.63 bits per heavy atom. The zero-order valence-corrected chi connectivity index (χ0v) is 21.2. The number of anilines is 1. The average molecular weight is 541 g/mol. The summed E-state index contributed by atoms with van der Waals surface area (Å²) in [5, 5.41) is 19.0. The average Bonchev–Trinajstić information content (AvgIpc) is 3.55. The summed E-state index contributed by atoms with van der Waals surface area (Å²) >= 11 is 3.67. The number of aromatic nitrogens is 5. The minimum atomic E-state index is -0.523. The number of benzene rings is 1. The van der Waals surface area contributed by atoms with Gasteiger partial charge in [-0.3, -0.25) is 0 Å². The van der Waals surface area contributed by atoms with Crippen molar-refractivity contribution in [1.82, 2.24) is 24.4 Å². The van der Waals surface area contributed by atoms with Crippen molar-refractivity contribution in [3.63, 3.8) is 0 Å². The SMILES string of the molecule is COCCOC1(CO)CCC(c2nc3c(-c4cnn(-c5ccccc5)c4)cnn3c(N)c2Br)CC1. The highest BCUT2D eigenvalue weighted by Gasteiger charge is 2.37. The van der Waals surface area contributed by atoms with E-state index in [9.17, 15) is 5.11 Å². The second-order valence-electron chi connectivity index (χ2n) is 8.96. The fourth-order valence-corrected chi connectivity index (χ4v) is 5.36. The molecule has 1 aromatic carbocycles. The first-order valence-electron chi connectivity index (χ1n) is 11.7. The summed E-state index contributed by atoms with van der Waals surface area (Å²) in [6.07, 6.45) is 8.73. The fourth-order valence-electron chi connectivity index (χ4n) is 4.78. The van der Waals surface area contributed by atoms with E-state index in [0.717, 1.165) is 52.7 Å². The molecule has 0 spiro atoms. The van der Waals surface area contributed by atoms with Crippen LogP contribution in [0.2, 0.25) is 0 Å². The largest absolute Gasteiger partial charge is 0.393 e. The minimum Gasteiger partial charge on any atom is -0.393 e. The molecular weight excluding hydrogens is 512 g/mol. The lowest BCUT2D eigenvalue weighted by molar-refractivity contribution is -0.113. The number of aliphatic hydroxyl groups excluding tert-OH is 1. The number of para-hydroxylation sites is 1. The summed E-state index contributed by atoms with van der Waals surface area (Å²) in [4.78, 5) is 5.04. The molecule has 3 heterocycles. The van der Waals surface area contributed by atoms with Gasteiger partial charge in [-0.05, 0) is 53.7 Å². The molecule has 0 atom stereocenters. The van der Waals surface area contributed by atoms with E-state index in [2.05, 4.69) is 26.1 Å². The molecule has 35 heavy (non-hydrogen) atoms. The highest BCUT2D eigenvalue weighted by Crippen LogP contribution is 2.43. The number of rotatable bonds is 8. The molecule has 0 saturated heterocycles. The molecule has 3 N–H and O–H groups in total. The third kappa shape index (κ3) is 4.58. The number of hydrogen-bond acceptors (Lipinski definition) is 7. The van der Waals surface area contributed by atoms with Crippen molar-refractivity contribution in [2.75, 3.05) is 32.7 Å². The lowest BCUT2D eigenvalue weighted by Crippen LogP contribution is -2.41. The molecule has 0 bridgehead atoms. The van der Waals surface area contributed by atoms with Crippen LogP contribution in [0.1, 0.15) is 37.3 Å². The van der Waals surface area contributed by atoms with Crippen molar-refractivity contribution in [2.24, 2.45) is 0 Å². The number of aliphatic hydroxyl groups is 1. The molecule has 1 fully saturated rings. The van der Waals surface area contributed by atoms with Crippen molar-refractivity contribution < 1.29 is 14.6 Å². The van der Waals surface area contributed by atoms with E-state index in [1.165, 1.54) is 0 Å². The van der Waals surface area contributed by atoms with Gasteiger partial charge in [0.15, 0.2) is 5.65 Å². The van der Waals surface area contributed by atoms with Crippen LogP contribution in [-0.2, 0) is 9.47 Å². The van der Waals surface area contributed by atoms with Crippen LogP contribution < -0.4 is 5.73 Å². The number of halogens is 1. The molecule has 0 amide bonds. The molecule has 4 aromatic rings. The highest BCUT2D eigenvalue weighted by molar-refractivity contribution is 9.10. The smallest absolute Gasteiger partial charge is 0.165 e. The Bertz CT molecular complexity index is 1300. The third-order valence-electron chi connectivity index (χ3n) is 6.83. The van der Waals surface area contributed by atoms with Crippen LogP contribution in [0.4, 0.5) is 5.82 Å². The van der Waals surface area contributed by atoms with E-state index in [0.29, 0.717) is 24.7 Å². The first-order chi connectivity index (χ1) is 17.0. The summed E-state index contributed by atoms with van der Waals surface area (Å²) in [7, 11) is 1.65. The summed E-state index contributed by atoms with van der Waals surface area (Å²) in [5.74, 6) is 0.708. The van der Waals surface area contributed by atoms with Crippen molar-refractivity contribution in [2.45, 2.75) is 37.2 Å². The molecule has 9 nitrogen and oxygen atoms in total. The standard InChI is InChI=1S/C25H29BrN6O3/c1-34-11-12-35-25(16-33)9-7-17(8-10-25)22-21(26)23(27)32-24(30-22)20(14-29-32)18-13-28-31(15-18)19-5-3-2-4-6-19/h2-6,13-15,17,33H,7-12,16,27H2,1H3. The van der Waals surface area contributed by atoms with Gasteiger partial charge >= 0.3 is 0 Å². The first kappa shape index (κ1) is 23.9. The summed E-state index contributed by atoms with van der Waals surface area (Å²) in [6.45, 7) is 0.978. The van der Waals surface area contributed by atoms with Gasteiger partial charge in [-0.25, -0.2) is 9.67 Å². The van der Waals surface area contributed by atoms with Gasteiger partial charge in [-0.2, -0.15) is 14.7 Å². The van der Waals surface area contributed by atoms with Crippen molar-refractivity contribution in [1.29, 1.82) is 0 Å². The molecule has 0 unspecified atom stereocenters. The Balaban J connectivity index is 1.44. The molecule has 184 valence electrons. The maximum atomic E-state index is 10.0. The molecule has 10 heteroatoms. The van der Waals surface area contributed by atoms with Crippen LogP contribution in [0.15, 0.2) is 53.4 Å². The lowest BCUT2D eigenvalue weighted by atomic mass is 9.77. The van der Waals surface area contributed by atoms with Crippen molar-refractivity contribution >= 4 is 27.4 Å². The molecule has 0 radical (unpaired) electrons. The molecule has 1 saturated carbocycles. The number of hydrogen-bond donors (Lipinski definition) is 2. The maximum absolute atomic E-state index is 10.0. The van der Waals surface area contributed by atoms with Gasteiger partial charge in [-0.15, -0.1) is 0 Å². The first-order valence-corrected chi connectivity index (χ1v) is 12.5. The summed E-state index contributed by atoms with van der Waals surface area (Å²) in [6, 6.07) is 9.96. The van der Waals surface area contributed by atoms with Crippen LogP contribution >= 0.6 is 15.9 Å². The van der Waals surface area contributed by atoms with Gasteiger partial charge in [-0.1, -0.05) is 18.2 Å². The van der Waals surface area contributed by atoms with Gasteiger partial charge in [0.25, 0.3) is 0 Å². The Morgan fingerprint density at radius 1 is 1.14 bits per heavy atom. The van der Waals surface area contributed by atoms with Crippen LogP contribution in [0.3, 0.4) is 0 Å². The van der Waals surface area contributed by atoms with E-state index in [1.807, 2.05) is 47.4 Å². The van der Waals surface area contributed by atoms with Gasteiger partial charge < -0.3 is 20.3 Å². The van der Waals surface area contributed by atoms with Crippen molar-refractivity contribution in [3.05, 3.63) is 59.1 Å². The second-order valence-corrected chi connectivity index (χ2v) is 9.75. The number of nitrogens with zero attached hydrogens (tertiary/aromatic N) is 5. The number of fused-ring (bicyclic) bond motifs is 1. The Labute approximate surface area is 212 Å². The zero-order valence-electron chi connectivity index (χ0n) is 19.6. The van der Waals surface area contributed by atoms with E-state index in [-0.39, 0.29) is 12.5 Å². The lowest BCUT2D eigenvalue weighted by Gasteiger charge is -2.38. The molecule has 1 aliphatic rings. The van der Waals surface area contributed by atoms with Crippen LogP contribution in [0.25, 0.3) is 22.5 Å². The predicted molar refractivity (Wildman–Crippen MR) is 137 cm³/mol. The summed E-state index contributed by atoms with van der Waals surface area (Å²) in [5.41, 5.74) is 10.3. The number of nitrogens with two attached hydrogens (primary N) is 1. The topological polar surface area (TPSA) is 113 Å². The van der Waals surface area contributed by atoms with Gasteiger partial charge in [0, 0.05) is 30.4 Å². The van der Waals surface area contributed by atoms with E-state index < -0.39 is 5.60 Å². The highest BCUT2D eigenvalue weighted by atomic mass is 79.9.